The molecular formula is C21H28N4O3. The van der Waals surface area contributed by atoms with Gasteiger partial charge in [-0.25, -0.2) is 4.79 Å². The summed E-state index contributed by atoms with van der Waals surface area (Å²) >= 11 is 0. The summed E-state index contributed by atoms with van der Waals surface area (Å²) in [5, 5.41) is 0. The fraction of sp³-hybridized carbons (Fsp3) is 0.619. The molecule has 0 unspecified atom stereocenters. The summed E-state index contributed by atoms with van der Waals surface area (Å²) in [4.78, 5) is 34.2. The number of piperazine rings is 1. The molecule has 1 aromatic heterocycles. The number of rotatable bonds is 4. The summed E-state index contributed by atoms with van der Waals surface area (Å²) in [6, 6.07) is 6.07. The molecule has 2 aliphatic heterocycles. The number of nitrogens with one attached hydrogen (secondary N) is 2. The maximum absolute atomic E-state index is 12.3. The smallest absolute Gasteiger partial charge is 0.323 e. The number of aromatic amines is 2. The number of fused-ring (bicyclic) bond motifs is 1. The Kier molecular flexibility index (Phi) is 4.42. The Morgan fingerprint density at radius 3 is 2.57 bits per heavy atom. The zero-order chi connectivity index (χ0) is 19.1. The van der Waals surface area contributed by atoms with Crippen LogP contribution < -0.4 is 10.6 Å². The SMILES string of the molecule is O=C1O[C@@H](CCN2CCN(c3ccc4[nH]c(=O)[nH]c4c3)CC2)CC12CCCC2. The first kappa shape index (κ1) is 17.8. The molecule has 7 heteroatoms. The second kappa shape index (κ2) is 6.95. The van der Waals surface area contributed by atoms with Crippen molar-refractivity contribution in [3.05, 3.63) is 28.7 Å². The fourth-order valence-electron chi connectivity index (χ4n) is 5.23. The van der Waals surface area contributed by atoms with Gasteiger partial charge in [-0.05, 0) is 37.5 Å². The van der Waals surface area contributed by atoms with E-state index in [2.05, 4.69) is 25.8 Å². The van der Waals surface area contributed by atoms with Crippen molar-refractivity contribution >= 4 is 22.7 Å². The number of anilines is 1. The molecule has 0 bridgehead atoms. The van der Waals surface area contributed by atoms with E-state index in [1.807, 2.05) is 12.1 Å². The van der Waals surface area contributed by atoms with Gasteiger partial charge in [-0.1, -0.05) is 12.8 Å². The Morgan fingerprint density at radius 1 is 1.04 bits per heavy atom. The van der Waals surface area contributed by atoms with E-state index in [4.69, 9.17) is 4.74 Å². The lowest BCUT2D eigenvalue weighted by Crippen LogP contribution is -2.47. The highest BCUT2D eigenvalue weighted by molar-refractivity contribution is 5.79. The molecule has 1 aliphatic carbocycles. The third-order valence-electron chi connectivity index (χ3n) is 6.89. The molecule has 0 radical (unpaired) electrons. The lowest BCUT2D eigenvalue weighted by Gasteiger charge is -2.36. The Labute approximate surface area is 164 Å². The van der Waals surface area contributed by atoms with Crippen LogP contribution in [0, 0.1) is 5.41 Å². The molecule has 1 saturated carbocycles. The Hall–Kier alpha value is -2.28. The van der Waals surface area contributed by atoms with E-state index in [-0.39, 0.29) is 23.2 Å². The van der Waals surface area contributed by atoms with E-state index >= 15 is 0 Å². The molecule has 2 N–H and O–H groups in total. The van der Waals surface area contributed by atoms with Crippen LogP contribution in [0.2, 0.25) is 0 Å². The number of esters is 1. The molecule has 3 heterocycles. The van der Waals surface area contributed by atoms with Gasteiger partial charge in [-0.15, -0.1) is 0 Å². The number of nitrogens with zero attached hydrogens (tertiary/aromatic N) is 2. The molecular weight excluding hydrogens is 356 g/mol. The highest BCUT2D eigenvalue weighted by Gasteiger charge is 2.50. The molecule has 1 atom stereocenters. The predicted molar refractivity (Wildman–Crippen MR) is 108 cm³/mol. The first-order valence-electron chi connectivity index (χ1n) is 10.5. The average molecular weight is 384 g/mol. The molecule has 1 spiro atoms. The summed E-state index contributed by atoms with van der Waals surface area (Å²) in [5.41, 5.74) is 2.55. The Balaban J connectivity index is 1.13. The predicted octanol–water partition coefficient (Wildman–Crippen LogP) is 2.24. The van der Waals surface area contributed by atoms with Gasteiger partial charge in [0.2, 0.25) is 0 Å². The minimum absolute atomic E-state index is 0.0676. The second-order valence-corrected chi connectivity index (χ2v) is 8.65. The van der Waals surface area contributed by atoms with Crippen LogP contribution in [0.5, 0.6) is 0 Å². The number of benzene rings is 1. The first-order valence-corrected chi connectivity index (χ1v) is 10.5. The highest BCUT2D eigenvalue weighted by atomic mass is 16.6. The zero-order valence-corrected chi connectivity index (χ0v) is 16.2. The van der Waals surface area contributed by atoms with Crippen LogP contribution in [-0.4, -0.2) is 59.7 Å². The number of carbonyl (C=O) groups excluding carboxylic acids is 1. The topological polar surface area (TPSA) is 81.4 Å². The van der Waals surface area contributed by atoms with Gasteiger partial charge >= 0.3 is 11.7 Å². The molecule has 5 rings (SSSR count). The number of aromatic nitrogens is 2. The Morgan fingerprint density at radius 2 is 1.79 bits per heavy atom. The Bertz CT molecular complexity index is 919. The van der Waals surface area contributed by atoms with Gasteiger partial charge in [0.05, 0.1) is 16.4 Å². The first-order chi connectivity index (χ1) is 13.6. The summed E-state index contributed by atoms with van der Waals surface area (Å²) in [6.07, 6.45) is 6.38. The third-order valence-corrected chi connectivity index (χ3v) is 6.89. The van der Waals surface area contributed by atoms with Crippen LogP contribution in [0.25, 0.3) is 11.0 Å². The van der Waals surface area contributed by atoms with Crippen LogP contribution in [0.3, 0.4) is 0 Å². The van der Waals surface area contributed by atoms with Gasteiger partial charge in [0, 0.05) is 44.8 Å². The number of cyclic esters (lactones) is 1. The third kappa shape index (κ3) is 3.21. The van der Waals surface area contributed by atoms with Crippen molar-refractivity contribution in [2.45, 2.75) is 44.6 Å². The van der Waals surface area contributed by atoms with Crippen molar-refractivity contribution in [1.29, 1.82) is 0 Å². The van der Waals surface area contributed by atoms with Crippen LogP contribution in [0.1, 0.15) is 38.5 Å². The van der Waals surface area contributed by atoms with Crippen LogP contribution in [0.4, 0.5) is 5.69 Å². The lowest BCUT2D eigenvalue weighted by atomic mass is 9.83. The number of imidazole rings is 1. The van der Waals surface area contributed by atoms with Crippen molar-refractivity contribution < 1.29 is 9.53 Å². The van der Waals surface area contributed by atoms with Gasteiger partial charge in [-0.3, -0.25) is 9.69 Å². The van der Waals surface area contributed by atoms with E-state index in [1.54, 1.807) is 0 Å². The van der Waals surface area contributed by atoms with Gasteiger partial charge in [-0.2, -0.15) is 0 Å². The number of H-pyrrole nitrogens is 2. The average Bonchev–Trinajstić information content (AvgIpc) is 3.39. The molecule has 2 aromatic rings. The minimum Gasteiger partial charge on any atom is -0.462 e. The number of carbonyl (C=O) groups is 1. The van der Waals surface area contributed by atoms with E-state index in [0.29, 0.717) is 0 Å². The minimum atomic E-state index is -0.163. The largest absolute Gasteiger partial charge is 0.462 e. The number of hydrogen-bond acceptors (Lipinski definition) is 5. The van der Waals surface area contributed by atoms with Gasteiger partial charge in [0.1, 0.15) is 6.10 Å². The normalized spacial score (nSPS) is 25.1. The lowest BCUT2D eigenvalue weighted by molar-refractivity contribution is -0.148. The van der Waals surface area contributed by atoms with Crippen molar-refractivity contribution in [3.63, 3.8) is 0 Å². The molecule has 150 valence electrons. The van der Waals surface area contributed by atoms with Crippen molar-refractivity contribution in [1.82, 2.24) is 14.9 Å². The molecule has 2 saturated heterocycles. The summed E-state index contributed by atoms with van der Waals surface area (Å²) in [6.45, 7) is 4.94. The van der Waals surface area contributed by atoms with Crippen LogP contribution in [-0.2, 0) is 9.53 Å². The number of hydrogen-bond donors (Lipinski definition) is 2. The van der Waals surface area contributed by atoms with Crippen LogP contribution in [0.15, 0.2) is 23.0 Å². The summed E-state index contributed by atoms with van der Waals surface area (Å²) in [7, 11) is 0. The molecule has 3 aliphatic rings. The van der Waals surface area contributed by atoms with E-state index in [0.717, 1.165) is 75.1 Å². The zero-order valence-electron chi connectivity index (χ0n) is 16.2. The van der Waals surface area contributed by atoms with Gasteiger partial charge in [0.15, 0.2) is 0 Å². The summed E-state index contributed by atoms with van der Waals surface area (Å²) < 4.78 is 5.72. The molecule has 7 nitrogen and oxygen atoms in total. The second-order valence-electron chi connectivity index (χ2n) is 8.65. The van der Waals surface area contributed by atoms with Gasteiger partial charge in [0.25, 0.3) is 0 Å². The molecule has 28 heavy (non-hydrogen) atoms. The standard InChI is InChI=1S/C21H28N4O3/c26-19-21(6-1-2-7-21)14-16(28-19)5-8-24-9-11-25(12-10-24)15-3-4-17-18(13-15)23-20(27)22-17/h3-4,13,16H,1-2,5-12,14H2,(H2,22,23,27)/t16-/m0/s1. The van der Waals surface area contributed by atoms with Crippen molar-refractivity contribution in [3.8, 4) is 0 Å². The van der Waals surface area contributed by atoms with Gasteiger partial charge < -0.3 is 19.6 Å². The number of ether oxygens (including phenoxy) is 1. The van der Waals surface area contributed by atoms with Crippen molar-refractivity contribution in [2.75, 3.05) is 37.6 Å². The molecule has 0 amide bonds. The maximum Gasteiger partial charge on any atom is 0.323 e. The monoisotopic (exact) mass is 384 g/mol. The molecule has 1 aromatic carbocycles. The van der Waals surface area contributed by atoms with Crippen molar-refractivity contribution in [2.24, 2.45) is 5.41 Å². The van der Waals surface area contributed by atoms with E-state index < -0.39 is 0 Å². The van der Waals surface area contributed by atoms with Crippen LogP contribution >= 0.6 is 0 Å². The molecule has 3 fully saturated rings. The van der Waals surface area contributed by atoms with E-state index in [1.165, 1.54) is 12.8 Å². The maximum atomic E-state index is 12.3. The quantitative estimate of drug-likeness (QED) is 0.790. The highest BCUT2D eigenvalue weighted by Crippen LogP contribution is 2.48. The summed E-state index contributed by atoms with van der Waals surface area (Å²) in [5.74, 6) is 0.0676. The van der Waals surface area contributed by atoms with E-state index in [9.17, 15) is 9.59 Å². The fourth-order valence-corrected chi connectivity index (χ4v) is 5.23.